The van der Waals surface area contributed by atoms with E-state index in [1.165, 1.54) is 0 Å². The number of anilines is 2. The Bertz CT molecular complexity index is 625. The molecule has 1 aromatic heterocycles. The minimum Gasteiger partial charge on any atom is -0.482 e. The van der Waals surface area contributed by atoms with E-state index in [1.54, 1.807) is 19.4 Å². The second-order valence-corrected chi connectivity index (χ2v) is 4.09. The molecule has 1 aliphatic rings. The fourth-order valence-corrected chi connectivity index (χ4v) is 1.87. The van der Waals surface area contributed by atoms with E-state index in [0.29, 0.717) is 17.4 Å². The molecular weight excluding hydrogens is 244 g/mol. The monoisotopic (exact) mass is 256 g/mol. The summed E-state index contributed by atoms with van der Waals surface area (Å²) in [5.74, 6) is 1.10. The van der Waals surface area contributed by atoms with Crippen molar-refractivity contribution in [2.75, 3.05) is 24.3 Å². The Labute approximate surface area is 109 Å². The summed E-state index contributed by atoms with van der Waals surface area (Å²) in [6.07, 6.45) is 3.46. The summed E-state index contributed by atoms with van der Waals surface area (Å²) in [5.41, 5.74) is 2.47. The van der Waals surface area contributed by atoms with Gasteiger partial charge in [-0.15, -0.1) is 0 Å². The van der Waals surface area contributed by atoms with Crippen LogP contribution in [0.15, 0.2) is 30.6 Å². The predicted molar refractivity (Wildman–Crippen MR) is 71.1 cm³/mol. The Morgan fingerprint density at radius 1 is 1.26 bits per heavy atom. The number of hydrogen-bond acceptors (Lipinski definition) is 5. The first kappa shape index (κ1) is 11.5. The number of amides is 1. The molecule has 2 aromatic rings. The van der Waals surface area contributed by atoms with E-state index >= 15 is 0 Å². The molecule has 1 amide bonds. The summed E-state index contributed by atoms with van der Waals surface area (Å²) >= 11 is 0. The van der Waals surface area contributed by atoms with Gasteiger partial charge in [-0.3, -0.25) is 4.79 Å². The number of nitrogens with zero attached hydrogens (tertiary/aromatic N) is 2. The van der Waals surface area contributed by atoms with Crippen molar-refractivity contribution in [2.24, 2.45) is 0 Å². The maximum atomic E-state index is 11.3. The molecule has 0 saturated carbocycles. The van der Waals surface area contributed by atoms with Crippen LogP contribution in [0.5, 0.6) is 5.75 Å². The van der Waals surface area contributed by atoms with E-state index in [4.69, 9.17) is 4.74 Å². The molecule has 0 atom stereocenters. The number of nitrogens with one attached hydrogen (secondary N) is 2. The lowest BCUT2D eigenvalue weighted by atomic mass is 10.1. The molecule has 0 aliphatic carbocycles. The molecule has 0 radical (unpaired) electrons. The smallest absolute Gasteiger partial charge is 0.262 e. The third kappa shape index (κ3) is 2.20. The molecular formula is C13H12N4O2. The van der Waals surface area contributed by atoms with Crippen molar-refractivity contribution < 1.29 is 9.53 Å². The average molecular weight is 256 g/mol. The zero-order valence-electron chi connectivity index (χ0n) is 10.3. The third-order valence-corrected chi connectivity index (χ3v) is 2.82. The Hall–Kier alpha value is -2.63. The van der Waals surface area contributed by atoms with E-state index in [1.807, 2.05) is 18.2 Å². The number of benzene rings is 1. The SMILES string of the molecule is CNc1ncc(-c2ccc3c(c2)NC(=O)CO3)cn1. The summed E-state index contributed by atoms with van der Waals surface area (Å²) in [6, 6.07) is 5.59. The summed E-state index contributed by atoms with van der Waals surface area (Å²) in [5, 5.41) is 5.64. The van der Waals surface area contributed by atoms with Gasteiger partial charge in [-0.2, -0.15) is 0 Å². The van der Waals surface area contributed by atoms with Crippen LogP contribution >= 0.6 is 0 Å². The molecule has 1 aromatic carbocycles. The quantitative estimate of drug-likeness (QED) is 0.851. The summed E-state index contributed by atoms with van der Waals surface area (Å²) < 4.78 is 5.31. The molecule has 0 fully saturated rings. The number of hydrogen-bond donors (Lipinski definition) is 2. The van der Waals surface area contributed by atoms with E-state index in [0.717, 1.165) is 11.1 Å². The van der Waals surface area contributed by atoms with Crippen molar-refractivity contribution in [3.63, 3.8) is 0 Å². The third-order valence-electron chi connectivity index (χ3n) is 2.82. The largest absolute Gasteiger partial charge is 0.482 e. The molecule has 0 saturated heterocycles. The zero-order valence-corrected chi connectivity index (χ0v) is 10.3. The zero-order chi connectivity index (χ0) is 13.2. The molecule has 96 valence electrons. The highest BCUT2D eigenvalue weighted by Gasteiger charge is 2.16. The Morgan fingerprint density at radius 2 is 2.05 bits per heavy atom. The minimum absolute atomic E-state index is 0.0618. The van der Waals surface area contributed by atoms with Gasteiger partial charge in [0.2, 0.25) is 5.95 Å². The Kier molecular flexibility index (Phi) is 2.75. The minimum atomic E-state index is -0.147. The van der Waals surface area contributed by atoms with Crippen LogP contribution in [-0.4, -0.2) is 29.5 Å². The molecule has 0 bridgehead atoms. The standard InChI is InChI=1S/C13H12N4O2/c1-14-13-15-5-9(6-16-13)8-2-3-11-10(4-8)17-12(18)7-19-11/h2-6H,7H2,1H3,(H,17,18)(H,14,15,16). The van der Waals surface area contributed by atoms with Crippen LogP contribution in [0.2, 0.25) is 0 Å². The van der Waals surface area contributed by atoms with Crippen LogP contribution in [0.4, 0.5) is 11.6 Å². The number of ether oxygens (including phenoxy) is 1. The number of aromatic nitrogens is 2. The van der Waals surface area contributed by atoms with Gasteiger partial charge in [0, 0.05) is 25.0 Å². The van der Waals surface area contributed by atoms with Crippen molar-refractivity contribution in [3.8, 4) is 16.9 Å². The lowest BCUT2D eigenvalue weighted by Crippen LogP contribution is -2.25. The highest BCUT2D eigenvalue weighted by atomic mass is 16.5. The molecule has 19 heavy (non-hydrogen) atoms. The molecule has 6 nitrogen and oxygen atoms in total. The van der Waals surface area contributed by atoms with Gasteiger partial charge < -0.3 is 15.4 Å². The van der Waals surface area contributed by atoms with E-state index in [-0.39, 0.29) is 12.5 Å². The topological polar surface area (TPSA) is 76.1 Å². The van der Waals surface area contributed by atoms with Gasteiger partial charge in [0.25, 0.3) is 5.91 Å². The molecule has 1 aliphatic heterocycles. The van der Waals surface area contributed by atoms with Gasteiger partial charge in [-0.25, -0.2) is 9.97 Å². The molecule has 2 heterocycles. The van der Waals surface area contributed by atoms with Gasteiger partial charge >= 0.3 is 0 Å². The van der Waals surface area contributed by atoms with Gasteiger partial charge in [0.05, 0.1) is 5.69 Å². The van der Waals surface area contributed by atoms with Crippen molar-refractivity contribution in [3.05, 3.63) is 30.6 Å². The number of carbonyl (C=O) groups excluding carboxylic acids is 1. The maximum absolute atomic E-state index is 11.3. The second kappa shape index (κ2) is 4.56. The first-order chi connectivity index (χ1) is 9.26. The molecule has 0 unspecified atom stereocenters. The van der Waals surface area contributed by atoms with Gasteiger partial charge in [-0.1, -0.05) is 6.07 Å². The van der Waals surface area contributed by atoms with Crippen molar-refractivity contribution in [1.82, 2.24) is 9.97 Å². The van der Waals surface area contributed by atoms with Crippen LogP contribution in [0, 0.1) is 0 Å². The van der Waals surface area contributed by atoms with Gasteiger partial charge in [0.15, 0.2) is 6.61 Å². The van der Waals surface area contributed by atoms with E-state index < -0.39 is 0 Å². The van der Waals surface area contributed by atoms with E-state index in [9.17, 15) is 4.79 Å². The van der Waals surface area contributed by atoms with Crippen LogP contribution in [0.1, 0.15) is 0 Å². The normalized spacial score (nSPS) is 13.2. The second-order valence-electron chi connectivity index (χ2n) is 4.09. The van der Waals surface area contributed by atoms with Gasteiger partial charge in [0.1, 0.15) is 5.75 Å². The Balaban J connectivity index is 1.96. The molecule has 0 spiro atoms. The lowest BCUT2D eigenvalue weighted by molar-refractivity contribution is -0.118. The fraction of sp³-hybridized carbons (Fsp3) is 0.154. The summed E-state index contributed by atoms with van der Waals surface area (Å²) in [4.78, 5) is 19.6. The van der Waals surface area contributed by atoms with Gasteiger partial charge in [-0.05, 0) is 17.7 Å². The predicted octanol–water partition coefficient (Wildman–Crippen LogP) is 1.52. The van der Waals surface area contributed by atoms with Crippen molar-refractivity contribution >= 4 is 17.5 Å². The lowest BCUT2D eigenvalue weighted by Gasteiger charge is -2.18. The van der Waals surface area contributed by atoms with Crippen LogP contribution in [0.25, 0.3) is 11.1 Å². The summed E-state index contributed by atoms with van der Waals surface area (Å²) in [7, 11) is 1.76. The fourth-order valence-electron chi connectivity index (χ4n) is 1.87. The molecule has 6 heteroatoms. The highest BCUT2D eigenvalue weighted by molar-refractivity contribution is 5.96. The first-order valence-electron chi connectivity index (χ1n) is 5.83. The molecule has 2 N–H and O–H groups in total. The number of rotatable bonds is 2. The Morgan fingerprint density at radius 3 is 2.79 bits per heavy atom. The average Bonchev–Trinajstić information content (AvgIpc) is 2.46. The van der Waals surface area contributed by atoms with Crippen molar-refractivity contribution in [2.45, 2.75) is 0 Å². The van der Waals surface area contributed by atoms with Crippen LogP contribution in [-0.2, 0) is 4.79 Å². The first-order valence-corrected chi connectivity index (χ1v) is 5.83. The maximum Gasteiger partial charge on any atom is 0.262 e. The van der Waals surface area contributed by atoms with Crippen LogP contribution in [0.3, 0.4) is 0 Å². The number of carbonyl (C=O) groups is 1. The molecule has 3 rings (SSSR count). The highest BCUT2D eigenvalue weighted by Crippen LogP contribution is 2.32. The van der Waals surface area contributed by atoms with E-state index in [2.05, 4.69) is 20.6 Å². The number of fused-ring (bicyclic) bond motifs is 1. The van der Waals surface area contributed by atoms with Crippen LogP contribution < -0.4 is 15.4 Å². The van der Waals surface area contributed by atoms with Crippen molar-refractivity contribution in [1.29, 1.82) is 0 Å². The summed E-state index contributed by atoms with van der Waals surface area (Å²) in [6.45, 7) is 0.0618.